The van der Waals surface area contributed by atoms with Crippen molar-refractivity contribution < 1.29 is 19.2 Å². The summed E-state index contributed by atoms with van der Waals surface area (Å²) < 4.78 is 0. The predicted octanol–water partition coefficient (Wildman–Crippen LogP) is 3.50. The van der Waals surface area contributed by atoms with Gasteiger partial charge in [-0.15, -0.1) is 0 Å². The van der Waals surface area contributed by atoms with Gasteiger partial charge in [0.2, 0.25) is 17.7 Å². The van der Waals surface area contributed by atoms with Gasteiger partial charge in [0.1, 0.15) is 6.04 Å². The number of aromatic nitrogens is 2. The van der Waals surface area contributed by atoms with Gasteiger partial charge in [0, 0.05) is 67.9 Å². The van der Waals surface area contributed by atoms with E-state index >= 15 is 0 Å². The molecule has 12 nitrogen and oxygen atoms in total. The standard InChI is InChI=1S/C38H38N8O4/c39-19-27(33-22-41-31-3-1-2-4-32(31)43-33)21-40-28-13-15-45(16-14-28)29-8-5-24(6-9-29)18-36(48)42-20-25-7-10-30-26(17-25)23-46(38(30)50)34-11-12-35(47)44-37(34)49/h1-10,17,19,21-22,28,34,39-40H,11-16,18,20,23H2,(H,42,48)(H,44,47,49)/b27-21+,39-19?. The maximum Gasteiger partial charge on any atom is 0.255 e. The third kappa shape index (κ3) is 7.09. The van der Waals surface area contributed by atoms with Gasteiger partial charge in [-0.25, -0.2) is 4.98 Å². The Morgan fingerprint density at radius 1 is 0.960 bits per heavy atom. The summed E-state index contributed by atoms with van der Waals surface area (Å²) in [4.78, 5) is 62.6. The second-order valence-corrected chi connectivity index (χ2v) is 12.9. The van der Waals surface area contributed by atoms with Crippen molar-refractivity contribution in [3.8, 4) is 0 Å². The number of nitrogens with zero attached hydrogens (tertiary/aromatic N) is 4. The Balaban J connectivity index is 0.867. The monoisotopic (exact) mass is 670 g/mol. The molecule has 0 aliphatic carbocycles. The van der Waals surface area contributed by atoms with Crippen molar-refractivity contribution in [1.29, 1.82) is 5.41 Å². The Morgan fingerprint density at radius 3 is 2.48 bits per heavy atom. The number of hydrogen-bond donors (Lipinski definition) is 4. The Morgan fingerprint density at radius 2 is 1.72 bits per heavy atom. The molecular formula is C38H38N8O4. The molecule has 1 atom stereocenters. The fraction of sp³-hybridized carbons (Fsp3) is 0.289. The summed E-state index contributed by atoms with van der Waals surface area (Å²) in [6, 6.07) is 20.9. The molecule has 1 unspecified atom stereocenters. The number of fused-ring (bicyclic) bond motifs is 2. The Bertz CT molecular complexity index is 2000. The average molecular weight is 671 g/mol. The highest BCUT2D eigenvalue weighted by atomic mass is 16.2. The van der Waals surface area contributed by atoms with Crippen LogP contribution in [-0.2, 0) is 33.9 Å². The topological polar surface area (TPSA) is 160 Å². The van der Waals surface area contributed by atoms with Gasteiger partial charge < -0.3 is 25.8 Å². The average Bonchev–Trinajstić information content (AvgIpc) is 3.46. The quantitative estimate of drug-likeness (QED) is 0.147. The van der Waals surface area contributed by atoms with Crippen molar-refractivity contribution in [2.45, 2.75) is 57.3 Å². The van der Waals surface area contributed by atoms with Crippen LogP contribution in [0.3, 0.4) is 0 Å². The zero-order chi connectivity index (χ0) is 34.6. The first kappa shape index (κ1) is 32.6. The number of para-hydroxylation sites is 2. The lowest BCUT2D eigenvalue weighted by atomic mass is 10.0. The number of rotatable bonds is 10. The molecule has 3 aliphatic heterocycles. The number of anilines is 1. The number of nitrogens with one attached hydrogen (secondary N) is 4. The first-order chi connectivity index (χ1) is 24.3. The summed E-state index contributed by atoms with van der Waals surface area (Å²) in [5, 5.41) is 16.7. The number of hydrogen-bond acceptors (Lipinski definition) is 9. The van der Waals surface area contributed by atoms with Crippen LogP contribution in [0, 0.1) is 5.41 Å². The number of carbonyl (C=O) groups is 4. The van der Waals surface area contributed by atoms with Crippen LogP contribution < -0.4 is 20.9 Å². The lowest BCUT2D eigenvalue weighted by molar-refractivity contribution is -0.137. The maximum atomic E-state index is 13.0. The van der Waals surface area contributed by atoms with Gasteiger partial charge in [0.25, 0.3) is 5.91 Å². The van der Waals surface area contributed by atoms with Gasteiger partial charge in [0.05, 0.1) is 29.3 Å². The lowest BCUT2D eigenvalue weighted by Gasteiger charge is -2.34. The Kier molecular flexibility index (Phi) is 9.32. The Hall–Kier alpha value is -5.91. The van der Waals surface area contributed by atoms with E-state index in [1.165, 1.54) is 11.1 Å². The molecule has 4 N–H and O–H groups in total. The minimum absolute atomic E-state index is 0.0987. The lowest BCUT2D eigenvalue weighted by Crippen LogP contribution is -2.52. The molecule has 0 spiro atoms. The number of amides is 4. The second kappa shape index (κ2) is 14.3. The van der Waals surface area contributed by atoms with Gasteiger partial charge in [-0.1, -0.05) is 36.4 Å². The minimum Gasteiger partial charge on any atom is -0.387 e. The molecule has 7 rings (SSSR count). The molecule has 4 aromatic rings. The molecule has 50 heavy (non-hydrogen) atoms. The van der Waals surface area contributed by atoms with Crippen molar-refractivity contribution in [3.63, 3.8) is 0 Å². The fourth-order valence-electron chi connectivity index (χ4n) is 6.81. The summed E-state index contributed by atoms with van der Waals surface area (Å²) in [6.45, 7) is 2.40. The van der Waals surface area contributed by atoms with Crippen molar-refractivity contribution in [2.75, 3.05) is 18.0 Å². The third-order valence-electron chi connectivity index (χ3n) is 9.61. The van der Waals surface area contributed by atoms with Crippen LogP contribution in [0.4, 0.5) is 5.69 Å². The molecule has 4 amide bonds. The number of carbonyl (C=O) groups excluding carboxylic acids is 4. The molecule has 254 valence electrons. The molecule has 3 aliphatic rings. The third-order valence-corrected chi connectivity index (χ3v) is 9.61. The van der Waals surface area contributed by atoms with Crippen LogP contribution in [0.25, 0.3) is 16.6 Å². The Labute approximate surface area is 289 Å². The van der Waals surface area contributed by atoms with Gasteiger partial charge in [-0.05, 0) is 66.3 Å². The molecule has 12 heteroatoms. The van der Waals surface area contributed by atoms with Crippen LogP contribution >= 0.6 is 0 Å². The van der Waals surface area contributed by atoms with Gasteiger partial charge in [0.15, 0.2) is 0 Å². The van der Waals surface area contributed by atoms with E-state index in [2.05, 4.69) is 43.0 Å². The van der Waals surface area contributed by atoms with Crippen molar-refractivity contribution in [1.82, 2.24) is 30.8 Å². The van der Waals surface area contributed by atoms with Crippen LogP contribution in [0.1, 0.15) is 58.4 Å². The van der Waals surface area contributed by atoms with Crippen LogP contribution in [0.5, 0.6) is 0 Å². The molecule has 0 bridgehead atoms. The number of benzene rings is 3. The molecule has 1 aromatic heterocycles. The molecule has 4 heterocycles. The normalized spacial score (nSPS) is 18.2. The van der Waals surface area contributed by atoms with E-state index in [0.717, 1.165) is 59.3 Å². The summed E-state index contributed by atoms with van der Waals surface area (Å²) in [5.41, 5.74) is 7.25. The van der Waals surface area contributed by atoms with E-state index in [4.69, 9.17) is 5.41 Å². The number of imide groups is 1. The summed E-state index contributed by atoms with van der Waals surface area (Å²) in [7, 11) is 0. The molecule has 2 saturated heterocycles. The van der Waals surface area contributed by atoms with Crippen molar-refractivity contribution in [2.24, 2.45) is 0 Å². The van der Waals surface area contributed by atoms with E-state index < -0.39 is 11.9 Å². The molecule has 0 saturated carbocycles. The van der Waals surface area contributed by atoms with E-state index in [9.17, 15) is 19.2 Å². The zero-order valence-corrected chi connectivity index (χ0v) is 27.5. The molecule has 0 radical (unpaired) electrons. The zero-order valence-electron chi connectivity index (χ0n) is 27.5. The van der Waals surface area contributed by atoms with Crippen LogP contribution in [-0.4, -0.2) is 69.9 Å². The fourth-order valence-corrected chi connectivity index (χ4v) is 6.81. The smallest absolute Gasteiger partial charge is 0.255 e. The van der Waals surface area contributed by atoms with Gasteiger partial charge >= 0.3 is 0 Å². The SMILES string of the molecule is N=C/C(=C\NC1CCN(c2ccc(CC(=O)NCc3ccc4c(c3)CN(C3CCC(=O)NC3=O)C4=O)cc2)CC1)c1cnc2ccccc2n1. The predicted molar refractivity (Wildman–Crippen MR) is 189 cm³/mol. The van der Waals surface area contributed by atoms with Gasteiger partial charge in [-0.3, -0.25) is 29.5 Å². The van der Waals surface area contributed by atoms with E-state index in [1.807, 2.05) is 54.7 Å². The minimum atomic E-state index is -0.654. The second-order valence-electron chi connectivity index (χ2n) is 12.9. The summed E-state index contributed by atoms with van der Waals surface area (Å²) >= 11 is 0. The van der Waals surface area contributed by atoms with Crippen LogP contribution in [0.2, 0.25) is 0 Å². The summed E-state index contributed by atoms with van der Waals surface area (Å²) in [5.74, 6) is -1.06. The maximum absolute atomic E-state index is 13.0. The van der Waals surface area contributed by atoms with E-state index in [0.29, 0.717) is 36.3 Å². The van der Waals surface area contributed by atoms with Crippen molar-refractivity contribution >= 4 is 52.1 Å². The van der Waals surface area contributed by atoms with Crippen LogP contribution in [0.15, 0.2) is 79.1 Å². The molecule has 3 aromatic carbocycles. The van der Waals surface area contributed by atoms with Crippen molar-refractivity contribution in [3.05, 3.63) is 107 Å². The highest BCUT2D eigenvalue weighted by Crippen LogP contribution is 2.28. The van der Waals surface area contributed by atoms with Gasteiger partial charge in [-0.2, -0.15) is 0 Å². The number of piperidine rings is 2. The summed E-state index contributed by atoms with van der Waals surface area (Å²) in [6.07, 6.45) is 7.55. The largest absolute Gasteiger partial charge is 0.387 e. The first-order valence-corrected chi connectivity index (χ1v) is 16.9. The first-order valence-electron chi connectivity index (χ1n) is 16.9. The molecule has 2 fully saturated rings. The highest BCUT2D eigenvalue weighted by molar-refractivity contribution is 6.07. The number of allylic oxidation sites excluding steroid dienone is 1. The van der Waals surface area contributed by atoms with E-state index in [1.54, 1.807) is 12.3 Å². The molecular weight excluding hydrogens is 632 g/mol. The highest BCUT2D eigenvalue weighted by Gasteiger charge is 2.39. The van der Waals surface area contributed by atoms with E-state index in [-0.39, 0.29) is 36.6 Å².